The summed E-state index contributed by atoms with van der Waals surface area (Å²) in [4.78, 5) is 11.3. The summed E-state index contributed by atoms with van der Waals surface area (Å²) >= 11 is 0. The molecule has 7 heteroatoms. The molecule has 128 valence electrons. The van der Waals surface area contributed by atoms with Gasteiger partial charge in [0.1, 0.15) is 0 Å². The van der Waals surface area contributed by atoms with E-state index >= 15 is 0 Å². The third-order valence-corrected chi connectivity index (χ3v) is 5.60. The summed E-state index contributed by atoms with van der Waals surface area (Å²) in [5, 5.41) is 0. The first-order chi connectivity index (χ1) is 10.9. The van der Waals surface area contributed by atoms with E-state index in [2.05, 4.69) is 0 Å². The summed E-state index contributed by atoms with van der Waals surface area (Å²) in [6.45, 7) is 5.04. The normalized spacial score (nSPS) is 18.6. The number of hydrogen-bond acceptors (Lipinski definition) is 5. The van der Waals surface area contributed by atoms with Crippen molar-refractivity contribution in [1.29, 1.82) is 0 Å². The number of ether oxygens (including phenoxy) is 2. The van der Waals surface area contributed by atoms with E-state index < -0.39 is 10.0 Å². The van der Waals surface area contributed by atoms with Gasteiger partial charge in [-0.3, -0.25) is 9.10 Å². The lowest BCUT2D eigenvalue weighted by molar-refractivity contribution is -0.0894. The van der Waals surface area contributed by atoms with Gasteiger partial charge in [-0.15, -0.1) is 0 Å². The summed E-state index contributed by atoms with van der Waals surface area (Å²) in [6.07, 6.45) is 0.475. The van der Waals surface area contributed by atoms with Crippen LogP contribution in [0.2, 0.25) is 0 Å². The van der Waals surface area contributed by atoms with Gasteiger partial charge in [0.2, 0.25) is 10.0 Å². The second kappa shape index (κ2) is 7.90. The highest BCUT2D eigenvalue weighted by Gasteiger charge is 2.23. The molecule has 1 aromatic carbocycles. The van der Waals surface area contributed by atoms with Crippen molar-refractivity contribution in [3.8, 4) is 0 Å². The predicted octanol–water partition coefficient (Wildman–Crippen LogP) is 1.85. The zero-order valence-corrected chi connectivity index (χ0v) is 14.3. The van der Waals surface area contributed by atoms with Crippen LogP contribution in [0.15, 0.2) is 24.3 Å². The Kier molecular flexibility index (Phi) is 6.15. The first-order valence-electron chi connectivity index (χ1n) is 7.75. The average molecular weight is 341 g/mol. The molecule has 1 atom stereocenters. The number of nitrogens with zero attached hydrogens (tertiary/aromatic N) is 1. The highest BCUT2D eigenvalue weighted by Crippen LogP contribution is 2.21. The number of benzene rings is 1. The van der Waals surface area contributed by atoms with Gasteiger partial charge in [0.05, 0.1) is 37.4 Å². The van der Waals surface area contributed by atoms with Crippen molar-refractivity contribution in [1.82, 2.24) is 0 Å². The van der Waals surface area contributed by atoms with Gasteiger partial charge in [0.15, 0.2) is 5.78 Å². The lowest BCUT2D eigenvalue weighted by Crippen LogP contribution is -2.37. The summed E-state index contributed by atoms with van der Waals surface area (Å²) in [5.41, 5.74) is 1.13. The fraction of sp³-hybridized carbons (Fsp3) is 0.562. The lowest BCUT2D eigenvalue weighted by Gasteiger charge is -2.28. The van der Waals surface area contributed by atoms with Crippen LogP contribution in [0, 0.1) is 0 Å². The molecule has 1 fully saturated rings. The van der Waals surface area contributed by atoms with Crippen molar-refractivity contribution < 1.29 is 22.7 Å². The zero-order valence-electron chi connectivity index (χ0n) is 13.5. The number of rotatable bonds is 7. The molecule has 2 rings (SSSR count). The van der Waals surface area contributed by atoms with E-state index in [9.17, 15) is 13.2 Å². The molecule has 1 unspecified atom stereocenters. The molecule has 6 nitrogen and oxygen atoms in total. The van der Waals surface area contributed by atoms with Crippen molar-refractivity contribution >= 4 is 21.5 Å². The Balaban J connectivity index is 2.15. The van der Waals surface area contributed by atoms with Crippen molar-refractivity contribution in [3.63, 3.8) is 0 Å². The smallest absolute Gasteiger partial charge is 0.234 e. The Hall–Kier alpha value is -1.44. The van der Waals surface area contributed by atoms with Crippen LogP contribution in [-0.4, -0.2) is 52.4 Å². The van der Waals surface area contributed by atoms with Gasteiger partial charge in [-0.25, -0.2) is 8.42 Å². The average Bonchev–Trinajstić information content (AvgIpc) is 2.56. The fourth-order valence-electron chi connectivity index (χ4n) is 2.41. The molecule has 0 spiro atoms. The second-order valence-electron chi connectivity index (χ2n) is 5.43. The first-order valence-corrected chi connectivity index (χ1v) is 9.35. The number of hydrogen-bond donors (Lipinski definition) is 0. The number of anilines is 1. The molecule has 1 aromatic rings. The highest BCUT2D eigenvalue weighted by molar-refractivity contribution is 7.92. The van der Waals surface area contributed by atoms with E-state index in [0.717, 1.165) is 0 Å². The Morgan fingerprint density at radius 3 is 2.48 bits per heavy atom. The van der Waals surface area contributed by atoms with Crippen LogP contribution >= 0.6 is 0 Å². The van der Waals surface area contributed by atoms with Crippen LogP contribution in [0.1, 0.15) is 30.6 Å². The standard InChI is InChI=1S/C16H23NO5S/c1-3-23(19,20)17(9-8-16-12-21-10-11-22-16)15-6-4-14(5-7-15)13(2)18/h4-7,16H,3,8-12H2,1-2H3. The van der Waals surface area contributed by atoms with E-state index in [0.29, 0.717) is 44.0 Å². The number of sulfonamides is 1. The van der Waals surface area contributed by atoms with Crippen LogP contribution in [0.25, 0.3) is 0 Å². The van der Waals surface area contributed by atoms with Crippen molar-refractivity contribution in [2.24, 2.45) is 0 Å². The molecule has 0 bridgehead atoms. The van der Waals surface area contributed by atoms with Gasteiger partial charge in [-0.05, 0) is 44.5 Å². The first kappa shape index (κ1) is 17.9. The van der Waals surface area contributed by atoms with Crippen LogP contribution in [-0.2, 0) is 19.5 Å². The molecule has 0 radical (unpaired) electrons. The van der Waals surface area contributed by atoms with Crippen LogP contribution < -0.4 is 4.31 Å². The Labute approximate surface area is 137 Å². The SMILES string of the molecule is CCS(=O)(=O)N(CCC1COCCO1)c1ccc(C(C)=O)cc1. The van der Waals surface area contributed by atoms with E-state index in [1.165, 1.54) is 11.2 Å². The van der Waals surface area contributed by atoms with Gasteiger partial charge in [-0.1, -0.05) is 0 Å². The molecule has 0 aromatic heterocycles. The molecule has 1 heterocycles. The maximum atomic E-state index is 12.4. The minimum Gasteiger partial charge on any atom is -0.376 e. The minimum atomic E-state index is -3.40. The maximum absolute atomic E-state index is 12.4. The topological polar surface area (TPSA) is 72.9 Å². The molecular formula is C16H23NO5S. The second-order valence-corrected chi connectivity index (χ2v) is 7.61. The fourth-order valence-corrected chi connectivity index (χ4v) is 3.55. The van der Waals surface area contributed by atoms with Crippen LogP contribution in [0.5, 0.6) is 0 Å². The molecule has 1 aliphatic heterocycles. The van der Waals surface area contributed by atoms with E-state index in [4.69, 9.17) is 9.47 Å². The van der Waals surface area contributed by atoms with E-state index in [-0.39, 0.29) is 17.6 Å². The third kappa shape index (κ3) is 4.76. The monoisotopic (exact) mass is 341 g/mol. The molecule has 0 amide bonds. The number of carbonyl (C=O) groups excluding carboxylic acids is 1. The quantitative estimate of drug-likeness (QED) is 0.708. The summed E-state index contributed by atoms with van der Waals surface area (Å²) in [7, 11) is -3.40. The summed E-state index contributed by atoms with van der Waals surface area (Å²) in [6, 6.07) is 6.64. The molecule has 1 aliphatic rings. The van der Waals surface area contributed by atoms with Crippen LogP contribution in [0.4, 0.5) is 5.69 Å². The van der Waals surface area contributed by atoms with Crippen molar-refractivity contribution in [3.05, 3.63) is 29.8 Å². The number of ketones is 1. The van der Waals surface area contributed by atoms with E-state index in [1.54, 1.807) is 31.2 Å². The Morgan fingerprint density at radius 2 is 1.96 bits per heavy atom. The third-order valence-electron chi connectivity index (χ3n) is 3.80. The van der Waals surface area contributed by atoms with Crippen molar-refractivity contribution in [2.45, 2.75) is 26.4 Å². The predicted molar refractivity (Wildman–Crippen MR) is 88.4 cm³/mol. The number of carbonyl (C=O) groups is 1. The van der Waals surface area contributed by atoms with Gasteiger partial charge in [-0.2, -0.15) is 0 Å². The maximum Gasteiger partial charge on any atom is 0.234 e. The summed E-state index contributed by atoms with van der Waals surface area (Å²) < 4.78 is 37.1. The largest absolute Gasteiger partial charge is 0.376 e. The highest BCUT2D eigenvalue weighted by atomic mass is 32.2. The Morgan fingerprint density at radius 1 is 1.26 bits per heavy atom. The van der Waals surface area contributed by atoms with Gasteiger partial charge < -0.3 is 9.47 Å². The molecule has 23 heavy (non-hydrogen) atoms. The minimum absolute atomic E-state index is 0.0173. The zero-order chi connectivity index (χ0) is 16.9. The van der Waals surface area contributed by atoms with Gasteiger partial charge in [0, 0.05) is 12.1 Å². The number of Topliss-reactive ketones (excluding diaryl/α,β-unsaturated/α-hetero) is 1. The molecule has 0 N–H and O–H groups in total. The van der Waals surface area contributed by atoms with Crippen molar-refractivity contribution in [2.75, 3.05) is 36.4 Å². The molecule has 0 aliphatic carbocycles. The van der Waals surface area contributed by atoms with Gasteiger partial charge in [0.25, 0.3) is 0 Å². The molecular weight excluding hydrogens is 318 g/mol. The van der Waals surface area contributed by atoms with Gasteiger partial charge >= 0.3 is 0 Å². The van der Waals surface area contributed by atoms with E-state index in [1.807, 2.05) is 0 Å². The van der Waals surface area contributed by atoms with Crippen LogP contribution in [0.3, 0.4) is 0 Å². The molecule has 0 saturated carbocycles. The Bertz CT molecular complexity index is 620. The summed E-state index contributed by atoms with van der Waals surface area (Å²) in [5.74, 6) is -0.0297. The molecule has 1 saturated heterocycles. The lowest BCUT2D eigenvalue weighted by atomic mass is 10.1.